The van der Waals surface area contributed by atoms with Crippen LogP contribution in [-0.4, -0.2) is 78.1 Å². The zero-order valence-electron chi connectivity index (χ0n) is 21.2. The normalized spacial score (nSPS) is 13.6. The standard InChI is InChI=1S/C24H38N4O8/c1-24(2,3)36-23(34)28-17(7-5-6-12-25)20(31)27-19(14-29)21(32)26-18(22(33)35-4)13-15-8-10-16(30)11-9-15/h8-11,17-19,29-30H,5-7,12-14,25H2,1-4H3,(H,26,32)(H,27,31)(H,28,34)/t17-,18-,19-/m0/s1. The molecule has 12 nitrogen and oxygen atoms in total. The van der Waals surface area contributed by atoms with E-state index in [1.54, 1.807) is 32.9 Å². The third kappa shape index (κ3) is 11.4. The third-order valence-corrected chi connectivity index (χ3v) is 4.95. The maximum Gasteiger partial charge on any atom is 0.408 e. The van der Waals surface area contributed by atoms with Crippen LogP contribution in [0.15, 0.2) is 24.3 Å². The smallest absolute Gasteiger partial charge is 0.408 e. The first-order chi connectivity index (χ1) is 16.9. The van der Waals surface area contributed by atoms with Gasteiger partial charge in [0.05, 0.1) is 13.7 Å². The summed E-state index contributed by atoms with van der Waals surface area (Å²) in [4.78, 5) is 50.2. The van der Waals surface area contributed by atoms with Crippen LogP contribution in [0.3, 0.4) is 0 Å². The van der Waals surface area contributed by atoms with Gasteiger partial charge in [-0.2, -0.15) is 0 Å². The number of hydrogen-bond donors (Lipinski definition) is 6. The lowest BCUT2D eigenvalue weighted by atomic mass is 10.0. The molecule has 0 heterocycles. The molecule has 1 aromatic carbocycles. The number of phenolic OH excluding ortho intramolecular Hbond substituents is 1. The highest BCUT2D eigenvalue weighted by Gasteiger charge is 2.30. The van der Waals surface area contributed by atoms with E-state index in [-0.39, 0.29) is 18.6 Å². The van der Waals surface area contributed by atoms with E-state index >= 15 is 0 Å². The maximum atomic E-state index is 12.9. The first-order valence-corrected chi connectivity index (χ1v) is 11.7. The zero-order chi connectivity index (χ0) is 27.3. The predicted molar refractivity (Wildman–Crippen MR) is 131 cm³/mol. The van der Waals surface area contributed by atoms with E-state index in [0.717, 1.165) is 7.11 Å². The molecule has 1 rings (SSSR count). The molecule has 3 amide bonds. The number of hydrogen-bond acceptors (Lipinski definition) is 9. The minimum atomic E-state index is -1.40. The van der Waals surface area contributed by atoms with Crippen LogP contribution in [0.2, 0.25) is 0 Å². The van der Waals surface area contributed by atoms with Gasteiger partial charge in [0.25, 0.3) is 0 Å². The lowest BCUT2D eigenvalue weighted by molar-refractivity contribution is -0.145. The van der Waals surface area contributed by atoms with E-state index in [1.165, 1.54) is 12.1 Å². The third-order valence-electron chi connectivity index (χ3n) is 4.95. The van der Waals surface area contributed by atoms with Crippen LogP contribution in [0.1, 0.15) is 45.6 Å². The van der Waals surface area contributed by atoms with Crippen LogP contribution in [-0.2, 0) is 30.3 Å². The number of aliphatic hydroxyl groups is 1. The number of esters is 1. The second kappa shape index (κ2) is 14.9. The molecule has 0 aliphatic carbocycles. The van der Waals surface area contributed by atoms with Gasteiger partial charge in [-0.1, -0.05) is 12.1 Å². The number of methoxy groups -OCH3 is 1. The second-order valence-electron chi connectivity index (χ2n) is 9.18. The highest BCUT2D eigenvalue weighted by atomic mass is 16.6. The van der Waals surface area contributed by atoms with Gasteiger partial charge in [0.2, 0.25) is 11.8 Å². The Balaban J connectivity index is 2.91. The molecule has 1 aromatic rings. The zero-order valence-corrected chi connectivity index (χ0v) is 21.2. The molecule has 3 atom stereocenters. The molecule has 0 aromatic heterocycles. The Morgan fingerprint density at radius 1 is 0.944 bits per heavy atom. The monoisotopic (exact) mass is 510 g/mol. The van der Waals surface area contributed by atoms with Gasteiger partial charge in [-0.05, 0) is 64.3 Å². The van der Waals surface area contributed by atoms with E-state index in [9.17, 15) is 29.4 Å². The number of alkyl carbamates (subject to hydrolysis) is 1. The molecule has 202 valence electrons. The van der Waals surface area contributed by atoms with Gasteiger partial charge in [0, 0.05) is 6.42 Å². The number of nitrogens with two attached hydrogens (primary N) is 1. The number of nitrogens with one attached hydrogen (secondary N) is 3. The Hall–Kier alpha value is -3.38. The molecule has 0 saturated carbocycles. The molecule has 0 aliphatic heterocycles. The van der Waals surface area contributed by atoms with E-state index in [4.69, 9.17) is 15.2 Å². The summed E-state index contributed by atoms with van der Waals surface area (Å²) >= 11 is 0. The van der Waals surface area contributed by atoms with Gasteiger partial charge in [-0.15, -0.1) is 0 Å². The van der Waals surface area contributed by atoms with E-state index in [1.807, 2.05) is 0 Å². The molecule has 0 unspecified atom stereocenters. The lowest BCUT2D eigenvalue weighted by Gasteiger charge is -2.25. The van der Waals surface area contributed by atoms with Crippen molar-refractivity contribution in [2.24, 2.45) is 5.73 Å². The number of amides is 3. The van der Waals surface area contributed by atoms with E-state index < -0.39 is 54.2 Å². The predicted octanol–water partition coefficient (Wildman–Crippen LogP) is 0.0919. The molecule has 0 spiro atoms. The molecule has 0 saturated heterocycles. The molecule has 0 bridgehead atoms. The van der Waals surface area contributed by atoms with Crippen LogP contribution >= 0.6 is 0 Å². The number of rotatable bonds is 13. The Morgan fingerprint density at radius 3 is 2.06 bits per heavy atom. The van der Waals surface area contributed by atoms with Crippen molar-refractivity contribution in [3.8, 4) is 5.75 Å². The Bertz CT molecular complexity index is 870. The summed E-state index contributed by atoms with van der Waals surface area (Å²) in [5.74, 6) is -2.22. The van der Waals surface area contributed by atoms with Crippen LogP contribution in [0, 0.1) is 0 Å². The minimum Gasteiger partial charge on any atom is -0.508 e. The van der Waals surface area contributed by atoms with Gasteiger partial charge >= 0.3 is 12.1 Å². The quantitative estimate of drug-likeness (QED) is 0.158. The number of phenols is 1. The number of ether oxygens (including phenoxy) is 2. The Morgan fingerprint density at radius 2 is 1.53 bits per heavy atom. The Labute approximate surface area is 210 Å². The van der Waals surface area contributed by atoms with Crippen molar-refractivity contribution in [3.05, 3.63) is 29.8 Å². The number of aliphatic hydroxyl groups excluding tert-OH is 1. The fraction of sp³-hybridized carbons (Fsp3) is 0.583. The lowest BCUT2D eigenvalue weighted by Crippen LogP contribution is -2.57. The van der Waals surface area contributed by atoms with Crippen molar-refractivity contribution >= 4 is 23.9 Å². The van der Waals surface area contributed by atoms with Crippen molar-refractivity contribution in [3.63, 3.8) is 0 Å². The average molecular weight is 511 g/mol. The topological polar surface area (TPSA) is 189 Å². The molecule has 12 heteroatoms. The number of benzene rings is 1. The highest BCUT2D eigenvalue weighted by Crippen LogP contribution is 2.12. The number of unbranched alkanes of at least 4 members (excludes halogenated alkanes) is 1. The summed E-state index contributed by atoms with van der Waals surface area (Å²) in [6.07, 6.45) is 0.611. The largest absolute Gasteiger partial charge is 0.508 e. The first kappa shape index (κ1) is 30.7. The van der Waals surface area contributed by atoms with Crippen molar-refractivity contribution in [1.82, 2.24) is 16.0 Å². The molecule has 0 fully saturated rings. The fourth-order valence-electron chi connectivity index (χ4n) is 3.15. The molecule has 36 heavy (non-hydrogen) atoms. The summed E-state index contributed by atoms with van der Waals surface area (Å²) in [6, 6.07) is 2.48. The molecule has 0 aliphatic rings. The van der Waals surface area contributed by atoms with Gasteiger partial charge in [-0.3, -0.25) is 9.59 Å². The van der Waals surface area contributed by atoms with Crippen molar-refractivity contribution in [2.75, 3.05) is 20.3 Å². The van der Waals surface area contributed by atoms with Crippen molar-refractivity contribution < 1.29 is 38.9 Å². The molecular formula is C24H38N4O8. The molecule has 7 N–H and O–H groups in total. The van der Waals surface area contributed by atoms with E-state index in [2.05, 4.69) is 16.0 Å². The maximum absolute atomic E-state index is 12.9. The summed E-state index contributed by atoms with van der Waals surface area (Å²) in [7, 11) is 1.16. The molecular weight excluding hydrogens is 472 g/mol. The highest BCUT2D eigenvalue weighted by molar-refractivity contribution is 5.93. The van der Waals surface area contributed by atoms with Gasteiger partial charge in [-0.25, -0.2) is 9.59 Å². The van der Waals surface area contributed by atoms with E-state index in [0.29, 0.717) is 24.9 Å². The van der Waals surface area contributed by atoms with Gasteiger partial charge in [0.15, 0.2) is 0 Å². The van der Waals surface area contributed by atoms with Crippen molar-refractivity contribution in [1.29, 1.82) is 0 Å². The van der Waals surface area contributed by atoms with Crippen molar-refractivity contribution in [2.45, 2.75) is 70.2 Å². The van der Waals surface area contributed by atoms with Gasteiger partial charge < -0.3 is 41.4 Å². The van der Waals surface area contributed by atoms with Crippen LogP contribution < -0.4 is 21.7 Å². The average Bonchev–Trinajstić information content (AvgIpc) is 2.80. The number of carbonyl (C=O) groups excluding carboxylic acids is 4. The fourth-order valence-corrected chi connectivity index (χ4v) is 3.15. The number of carbonyl (C=O) groups is 4. The molecule has 0 radical (unpaired) electrons. The summed E-state index contributed by atoms with van der Waals surface area (Å²) in [5.41, 5.74) is 5.37. The first-order valence-electron chi connectivity index (χ1n) is 11.7. The minimum absolute atomic E-state index is 0.0430. The summed E-state index contributed by atoms with van der Waals surface area (Å²) in [5, 5.41) is 26.6. The van der Waals surface area contributed by atoms with Crippen LogP contribution in [0.5, 0.6) is 5.75 Å². The SMILES string of the molecule is COC(=O)[C@H](Cc1ccc(O)cc1)NC(=O)[C@H](CO)NC(=O)[C@H](CCCCN)NC(=O)OC(C)(C)C. The number of aromatic hydroxyl groups is 1. The second-order valence-corrected chi connectivity index (χ2v) is 9.18. The van der Waals surface area contributed by atoms with Crippen LogP contribution in [0.4, 0.5) is 4.79 Å². The summed E-state index contributed by atoms with van der Waals surface area (Å²) in [6.45, 7) is 4.68. The van der Waals surface area contributed by atoms with Gasteiger partial charge in [0.1, 0.15) is 29.5 Å². The summed E-state index contributed by atoms with van der Waals surface area (Å²) < 4.78 is 9.96. The Kier molecular flexibility index (Phi) is 12.7. The van der Waals surface area contributed by atoms with Crippen LogP contribution in [0.25, 0.3) is 0 Å².